The Balaban J connectivity index is 3.71. The Morgan fingerprint density at radius 2 is 2.09 bits per heavy atom. The molecule has 0 heterocycles. The minimum Gasteiger partial charge on any atom is -0.474 e. The number of hydrogen-bond acceptors (Lipinski definition) is 2. The highest BCUT2D eigenvalue weighted by Crippen LogP contribution is 2.27. The van der Waals surface area contributed by atoms with Crippen molar-refractivity contribution in [2.45, 2.75) is 3.79 Å². The first-order valence-corrected chi connectivity index (χ1v) is 4.57. The highest BCUT2D eigenvalue weighted by atomic mass is 79.9. The van der Waals surface area contributed by atoms with E-state index in [1.807, 2.05) is 0 Å². The van der Waals surface area contributed by atoms with Crippen molar-refractivity contribution in [3.8, 4) is 0 Å². The highest BCUT2D eigenvalue weighted by Gasteiger charge is 2.28. The van der Waals surface area contributed by atoms with E-state index in [1.54, 1.807) is 11.1 Å². The van der Waals surface area contributed by atoms with Gasteiger partial charge >= 0.3 is 0 Å². The van der Waals surface area contributed by atoms with Crippen LogP contribution < -0.4 is 0 Å². The summed E-state index contributed by atoms with van der Waals surface area (Å²) >= 11 is 18.9. The quantitative estimate of drug-likeness (QED) is 0.470. The Labute approximate surface area is 88.1 Å². The lowest BCUT2D eigenvalue weighted by Gasteiger charge is -2.11. The zero-order chi connectivity index (χ0) is 8.91. The predicted octanol–water partition coefficient (Wildman–Crippen LogP) is 3.26. The first-order valence-electron chi connectivity index (χ1n) is 2.52. The predicted molar refractivity (Wildman–Crippen MR) is 52.0 cm³/mol. The number of alkyl halides is 3. The van der Waals surface area contributed by atoms with Crippen LogP contribution in [0.25, 0.3) is 0 Å². The topological polar surface area (TPSA) is 33.1 Å². The Morgan fingerprint density at radius 1 is 1.55 bits per heavy atom. The van der Waals surface area contributed by atoms with Gasteiger partial charge in [0.1, 0.15) is 6.61 Å². The van der Waals surface area contributed by atoms with Crippen molar-refractivity contribution in [1.29, 1.82) is 5.41 Å². The molecule has 0 spiro atoms. The van der Waals surface area contributed by atoms with Crippen LogP contribution >= 0.6 is 50.7 Å². The summed E-state index contributed by atoms with van der Waals surface area (Å²) in [5.41, 5.74) is 0. The molecule has 2 nitrogen and oxygen atoms in total. The molecule has 0 aliphatic carbocycles. The summed E-state index contributed by atoms with van der Waals surface area (Å²) in [6, 6.07) is 0. The van der Waals surface area contributed by atoms with Gasteiger partial charge in [0, 0.05) is 0 Å². The van der Waals surface area contributed by atoms with Crippen LogP contribution in [-0.2, 0) is 4.74 Å². The molecule has 11 heavy (non-hydrogen) atoms. The fourth-order valence-corrected chi connectivity index (χ4v) is 0.566. The van der Waals surface area contributed by atoms with Crippen LogP contribution in [0.3, 0.4) is 0 Å². The molecule has 0 aromatic carbocycles. The van der Waals surface area contributed by atoms with Crippen LogP contribution in [0, 0.1) is 5.41 Å². The molecule has 0 aromatic rings. The van der Waals surface area contributed by atoms with Crippen molar-refractivity contribution in [2.24, 2.45) is 0 Å². The van der Waals surface area contributed by atoms with Gasteiger partial charge in [0.15, 0.2) is 0 Å². The average Bonchev–Trinajstić information content (AvgIpc) is 1.86. The van der Waals surface area contributed by atoms with Crippen molar-refractivity contribution in [3.63, 3.8) is 0 Å². The highest BCUT2D eigenvalue weighted by molar-refractivity contribution is 9.11. The van der Waals surface area contributed by atoms with Gasteiger partial charge in [-0.15, -0.1) is 0 Å². The standard InChI is InChI=1S/C5H5BrCl3NO/c6-2-1-3-11-4(10)5(7,8)9/h1-2,10H,3H2. The fraction of sp³-hybridized carbons (Fsp3) is 0.400. The molecule has 0 atom stereocenters. The monoisotopic (exact) mass is 279 g/mol. The van der Waals surface area contributed by atoms with Gasteiger partial charge in [-0.1, -0.05) is 50.7 Å². The molecule has 0 bridgehead atoms. The zero-order valence-electron chi connectivity index (χ0n) is 5.28. The smallest absolute Gasteiger partial charge is 0.265 e. The van der Waals surface area contributed by atoms with Crippen molar-refractivity contribution in [1.82, 2.24) is 0 Å². The van der Waals surface area contributed by atoms with Crippen LogP contribution in [-0.4, -0.2) is 16.3 Å². The molecule has 0 aromatic heterocycles. The lowest BCUT2D eigenvalue weighted by molar-refractivity contribution is 0.340. The maximum atomic E-state index is 7.05. The summed E-state index contributed by atoms with van der Waals surface area (Å²) in [6.45, 7) is 0.206. The molecule has 0 saturated carbocycles. The molecule has 0 rings (SSSR count). The summed E-state index contributed by atoms with van der Waals surface area (Å²) < 4.78 is 2.95. The Bertz CT molecular complexity index is 166. The van der Waals surface area contributed by atoms with Gasteiger partial charge < -0.3 is 4.74 Å². The van der Waals surface area contributed by atoms with Crippen molar-refractivity contribution in [2.75, 3.05) is 6.61 Å². The van der Waals surface area contributed by atoms with E-state index in [2.05, 4.69) is 15.9 Å². The molecular weight excluding hydrogens is 276 g/mol. The van der Waals surface area contributed by atoms with E-state index in [4.69, 9.17) is 44.9 Å². The first kappa shape index (κ1) is 11.6. The van der Waals surface area contributed by atoms with Gasteiger partial charge in [0.05, 0.1) is 0 Å². The van der Waals surface area contributed by atoms with E-state index >= 15 is 0 Å². The summed E-state index contributed by atoms with van der Waals surface area (Å²) in [4.78, 5) is 1.60. The van der Waals surface area contributed by atoms with Gasteiger partial charge in [-0.05, 0) is 11.1 Å². The van der Waals surface area contributed by atoms with E-state index in [9.17, 15) is 0 Å². The van der Waals surface area contributed by atoms with E-state index in [1.165, 1.54) is 0 Å². The van der Waals surface area contributed by atoms with E-state index in [0.29, 0.717) is 0 Å². The SMILES string of the molecule is N=C(OCC=CBr)C(Cl)(Cl)Cl. The van der Waals surface area contributed by atoms with Crippen LogP contribution in [0.15, 0.2) is 11.1 Å². The van der Waals surface area contributed by atoms with Gasteiger partial charge in [-0.3, -0.25) is 5.41 Å². The molecule has 0 saturated heterocycles. The van der Waals surface area contributed by atoms with Crippen LogP contribution in [0.2, 0.25) is 0 Å². The Hall–Kier alpha value is 0.560. The molecule has 0 radical (unpaired) electrons. The second-order valence-electron chi connectivity index (χ2n) is 1.50. The third-order valence-electron chi connectivity index (χ3n) is 0.670. The van der Waals surface area contributed by atoms with Crippen LogP contribution in [0.1, 0.15) is 0 Å². The third kappa shape index (κ3) is 5.79. The summed E-state index contributed by atoms with van der Waals surface area (Å²) in [5.74, 6) is -0.381. The van der Waals surface area contributed by atoms with E-state index < -0.39 is 3.79 Å². The molecule has 0 fully saturated rings. The lowest BCUT2D eigenvalue weighted by Crippen LogP contribution is -2.21. The minimum absolute atomic E-state index is 0.206. The van der Waals surface area contributed by atoms with Gasteiger partial charge in [-0.2, -0.15) is 0 Å². The van der Waals surface area contributed by atoms with Gasteiger partial charge in [0.2, 0.25) is 5.90 Å². The maximum Gasteiger partial charge on any atom is 0.265 e. The number of halogens is 4. The van der Waals surface area contributed by atoms with Crippen molar-refractivity contribution >= 4 is 56.6 Å². The second-order valence-corrected chi connectivity index (χ2v) is 4.31. The molecular formula is C5H5BrCl3NO. The Kier molecular flexibility index (Phi) is 5.52. The average molecular weight is 281 g/mol. The molecule has 1 N–H and O–H groups in total. The van der Waals surface area contributed by atoms with Gasteiger partial charge in [0.25, 0.3) is 3.79 Å². The summed E-state index contributed by atoms with van der Waals surface area (Å²) in [6.07, 6.45) is 1.63. The lowest BCUT2D eigenvalue weighted by atomic mass is 10.7. The number of nitrogens with one attached hydrogen (secondary N) is 1. The van der Waals surface area contributed by atoms with Crippen LogP contribution in [0.5, 0.6) is 0 Å². The Morgan fingerprint density at radius 3 is 2.45 bits per heavy atom. The molecule has 0 aliphatic rings. The maximum absolute atomic E-state index is 7.05. The summed E-state index contributed by atoms with van der Waals surface area (Å²) in [7, 11) is 0. The molecule has 0 unspecified atom stereocenters. The third-order valence-corrected chi connectivity index (χ3v) is 1.56. The second kappa shape index (κ2) is 5.25. The zero-order valence-corrected chi connectivity index (χ0v) is 9.14. The normalized spacial score (nSPS) is 12.0. The fourth-order valence-electron chi connectivity index (χ4n) is 0.250. The summed E-state index contributed by atoms with van der Waals surface area (Å²) in [5, 5.41) is 7.05. The van der Waals surface area contributed by atoms with E-state index in [0.717, 1.165) is 0 Å². The molecule has 64 valence electrons. The van der Waals surface area contributed by atoms with Crippen molar-refractivity contribution < 1.29 is 4.74 Å². The molecule has 0 aliphatic heterocycles. The largest absolute Gasteiger partial charge is 0.474 e. The van der Waals surface area contributed by atoms with Gasteiger partial charge in [-0.25, -0.2) is 0 Å². The minimum atomic E-state index is -1.76. The number of hydrogen-bond donors (Lipinski definition) is 1. The van der Waals surface area contributed by atoms with Crippen LogP contribution in [0.4, 0.5) is 0 Å². The molecule has 0 amide bonds. The first-order chi connectivity index (χ1) is 4.98. The number of ether oxygens (including phenoxy) is 1. The van der Waals surface area contributed by atoms with Crippen molar-refractivity contribution in [3.05, 3.63) is 11.1 Å². The number of rotatable bonds is 2. The molecule has 6 heteroatoms. The van der Waals surface area contributed by atoms with E-state index in [-0.39, 0.29) is 12.5 Å².